The number of hydrogen-bond donors (Lipinski definition) is 3. The second-order valence-corrected chi connectivity index (χ2v) is 35.0. The van der Waals surface area contributed by atoms with Crippen LogP contribution in [-0.4, -0.2) is 94.2 Å². The van der Waals surface area contributed by atoms with Gasteiger partial charge in [-0.2, -0.15) is 0 Å². The fourth-order valence-corrected chi connectivity index (χ4v) is 19.8. The summed E-state index contributed by atoms with van der Waals surface area (Å²) in [5.74, 6) is 0. The van der Waals surface area contributed by atoms with Gasteiger partial charge in [0.15, 0.2) is 29.2 Å². The molecule has 0 saturated carbocycles. The second-order valence-electron chi connectivity index (χ2n) is 18.9. The Morgan fingerprint density at radius 1 is 0.720 bits per heavy atom. The van der Waals surface area contributed by atoms with Gasteiger partial charge in [0.05, 0.1) is 18.8 Å². The topological polar surface area (TPSA) is 119 Å². The van der Waals surface area contributed by atoms with Gasteiger partial charge in [0.2, 0.25) is 0 Å². The molecule has 50 heavy (non-hydrogen) atoms. The van der Waals surface area contributed by atoms with E-state index in [2.05, 4.69) is 115 Å². The largest absolute Gasteiger partial charge is 0.436 e. The first-order chi connectivity index (χ1) is 22.3. The molecule has 0 spiro atoms. The summed E-state index contributed by atoms with van der Waals surface area (Å²) in [6.45, 7) is 43.6. The first-order valence-corrected chi connectivity index (χ1v) is 31.6. The molecule has 9 nitrogen and oxygen atoms in total. The van der Waals surface area contributed by atoms with Crippen LogP contribution in [0.4, 0.5) is 0 Å². The third-order valence-corrected chi connectivity index (χ3v) is 18.4. The quantitative estimate of drug-likeness (QED) is 0.0593. The van der Waals surface area contributed by atoms with Gasteiger partial charge in [-0.05, 0) is 114 Å². The minimum absolute atomic E-state index is 0.0306. The molecule has 1 aliphatic heterocycles. The summed E-state index contributed by atoms with van der Waals surface area (Å²) in [4.78, 5) is 0. The zero-order valence-corrected chi connectivity index (χ0v) is 41.0. The summed E-state index contributed by atoms with van der Waals surface area (Å²) in [5, 5.41) is 27.0. The summed E-state index contributed by atoms with van der Waals surface area (Å²) >= 11 is 0. The molecule has 0 aromatic heterocycles. The smallest absolute Gasteiger partial charge is 0.323 e. The molecule has 1 heterocycles. The third kappa shape index (κ3) is 32.0. The molecule has 0 aromatic carbocycles. The monoisotopic (exact) mass is 789 g/mol. The van der Waals surface area contributed by atoms with E-state index in [0.717, 1.165) is 33.0 Å². The van der Waals surface area contributed by atoms with Crippen molar-refractivity contribution in [2.24, 2.45) is 16.2 Å². The van der Waals surface area contributed by atoms with Gasteiger partial charge in [-0.3, -0.25) is 0 Å². The van der Waals surface area contributed by atoms with Crippen molar-refractivity contribution in [1.82, 2.24) is 0 Å². The predicted octanol–water partition coefficient (Wildman–Crippen LogP) is 10.0. The highest BCUT2D eigenvalue weighted by Crippen LogP contribution is 2.40. The average molecular weight is 789 g/mol. The summed E-state index contributed by atoms with van der Waals surface area (Å²) in [5.41, 5.74) is 0.452. The SMILES string of the molecule is CCCC(C)(C)CC.CCCC(C)(C)CC(OC(CO)O[Si](C)(C)O[Si](C)(C)C)C(C)(C)CC(C)O.CO.C[Si](C)(C)O[Si](C)(C)OC1CO1. The van der Waals surface area contributed by atoms with Gasteiger partial charge in [-0.25, -0.2) is 0 Å². The number of aliphatic hydroxyl groups excluding tert-OH is 3. The highest BCUT2D eigenvalue weighted by atomic mass is 28.4. The highest BCUT2D eigenvalue weighted by Gasteiger charge is 2.41. The second kappa shape index (κ2) is 24.1. The van der Waals surface area contributed by atoms with Crippen molar-refractivity contribution in [2.45, 2.75) is 204 Å². The molecule has 1 fully saturated rings. The van der Waals surface area contributed by atoms with E-state index in [1.165, 1.54) is 19.3 Å². The number of hydrogen-bond acceptors (Lipinski definition) is 9. The van der Waals surface area contributed by atoms with Crippen molar-refractivity contribution in [3.63, 3.8) is 0 Å². The lowest BCUT2D eigenvalue weighted by Crippen LogP contribution is -2.50. The fourth-order valence-electron chi connectivity index (χ4n) is 6.09. The number of ether oxygens (including phenoxy) is 2. The molecule has 3 N–H and O–H groups in total. The Bertz CT molecular complexity index is 851. The zero-order valence-electron chi connectivity index (χ0n) is 37.0. The maximum absolute atomic E-state index is 10.00. The van der Waals surface area contributed by atoms with Crippen molar-refractivity contribution in [3.05, 3.63) is 0 Å². The lowest BCUT2D eigenvalue weighted by atomic mass is 9.72. The average Bonchev–Trinajstić information content (AvgIpc) is 3.69. The van der Waals surface area contributed by atoms with E-state index in [-0.39, 0.29) is 29.8 Å². The Morgan fingerprint density at radius 2 is 1.14 bits per heavy atom. The van der Waals surface area contributed by atoms with E-state index in [0.29, 0.717) is 11.8 Å². The third-order valence-electron chi connectivity index (χ3n) is 7.94. The minimum Gasteiger partial charge on any atom is -0.436 e. The van der Waals surface area contributed by atoms with Gasteiger partial charge in [-0.1, -0.05) is 81.6 Å². The van der Waals surface area contributed by atoms with Crippen LogP contribution in [0.1, 0.15) is 114 Å². The number of epoxide rings is 1. The lowest BCUT2D eigenvalue weighted by molar-refractivity contribution is -0.189. The molecule has 0 aliphatic carbocycles. The molecule has 1 rings (SSSR count). The molecule has 4 unspecified atom stereocenters. The van der Waals surface area contributed by atoms with E-state index in [1.807, 2.05) is 20.0 Å². The molecule has 0 radical (unpaired) electrons. The molecule has 4 atom stereocenters. The van der Waals surface area contributed by atoms with Gasteiger partial charge in [0, 0.05) is 7.11 Å². The van der Waals surface area contributed by atoms with Gasteiger partial charge < -0.3 is 41.9 Å². The van der Waals surface area contributed by atoms with Crippen LogP contribution in [-0.2, 0) is 26.6 Å². The normalized spacial score (nSPS) is 17.6. The van der Waals surface area contributed by atoms with Gasteiger partial charge in [0.25, 0.3) is 0 Å². The maximum Gasteiger partial charge on any atom is 0.323 e. The van der Waals surface area contributed by atoms with Crippen LogP contribution in [0, 0.1) is 16.2 Å². The molecule has 1 aliphatic rings. The Kier molecular flexibility index (Phi) is 26.5. The van der Waals surface area contributed by atoms with Crippen LogP contribution < -0.4 is 0 Å². The van der Waals surface area contributed by atoms with E-state index in [9.17, 15) is 10.2 Å². The molecule has 1 saturated heterocycles. The van der Waals surface area contributed by atoms with E-state index in [4.69, 9.17) is 31.7 Å². The number of rotatable bonds is 21. The summed E-state index contributed by atoms with van der Waals surface area (Å²) in [7, 11) is -6.53. The Morgan fingerprint density at radius 3 is 1.46 bits per heavy atom. The Labute approximate surface area is 315 Å². The van der Waals surface area contributed by atoms with Crippen molar-refractivity contribution >= 4 is 33.8 Å². The van der Waals surface area contributed by atoms with Crippen LogP contribution in [0.3, 0.4) is 0 Å². The maximum atomic E-state index is 10.00. The van der Waals surface area contributed by atoms with Crippen LogP contribution >= 0.6 is 0 Å². The van der Waals surface area contributed by atoms with Gasteiger partial charge >= 0.3 is 17.1 Å². The number of aliphatic hydroxyl groups is 3. The van der Waals surface area contributed by atoms with Crippen molar-refractivity contribution < 1.29 is 41.9 Å². The lowest BCUT2D eigenvalue weighted by Gasteiger charge is -2.42. The first kappa shape index (κ1) is 54.8. The van der Waals surface area contributed by atoms with Gasteiger partial charge in [-0.15, -0.1) is 0 Å². The molecule has 0 bridgehead atoms. The van der Waals surface area contributed by atoms with Crippen LogP contribution in [0.5, 0.6) is 0 Å². The van der Waals surface area contributed by atoms with Gasteiger partial charge in [0.1, 0.15) is 6.61 Å². The summed E-state index contributed by atoms with van der Waals surface area (Å²) in [6.07, 6.45) is 6.44. The van der Waals surface area contributed by atoms with Crippen LogP contribution in [0.25, 0.3) is 0 Å². The van der Waals surface area contributed by atoms with Crippen LogP contribution in [0.2, 0.25) is 65.5 Å². The van der Waals surface area contributed by atoms with Crippen molar-refractivity contribution in [2.75, 3.05) is 20.3 Å². The van der Waals surface area contributed by atoms with E-state index < -0.39 is 46.2 Å². The molecular formula is C37H88O9Si4. The Balaban J connectivity index is -0.000000813. The van der Waals surface area contributed by atoms with Crippen LogP contribution in [0.15, 0.2) is 0 Å². The fraction of sp³-hybridized carbons (Fsp3) is 1.00. The molecular weight excluding hydrogens is 701 g/mol. The molecule has 0 aromatic rings. The summed E-state index contributed by atoms with van der Waals surface area (Å²) < 4.78 is 35.4. The Hall–Kier alpha value is 0.508. The predicted molar refractivity (Wildman–Crippen MR) is 222 cm³/mol. The summed E-state index contributed by atoms with van der Waals surface area (Å²) in [6, 6.07) is 0. The van der Waals surface area contributed by atoms with E-state index >= 15 is 0 Å². The molecule has 13 heteroatoms. The standard InChI is InChI=1S/C21H48O5Si2.C8H18.C7H18O3Si2.CH4O/c1-12-13-20(3,4)15-18(21(5,6)14-17(2)23)24-19(16-22)25-28(10,11)26-27(7,8)9;1-5-7-8(3,4)6-2;1-11(2,3)10-12(4,5)9-7-6-8-7;1-2/h17-19,22-23H,12-16H2,1-11H3;5-7H2,1-4H3;7H,6H2,1-5H3;2H,1H3. The minimum atomic E-state index is -2.43. The highest BCUT2D eigenvalue weighted by molar-refractivity contribution is 6.82. The molecule has 0 amide bonds. The van der Waals surface area contributed by atoms with Crippen molar-refractivity contribution in [1.29, 1.82) is 0 Å². The zero-order chi connectivity index (χ0) is 40.4. The van der Waals surface area contributed by atoms with E-state index in [1.54, 1.807) is 0 Å². The first-order valence-electron chi connectivity index (χ1n) is 19.1. The van der Waals surface area contributed by atoms with Crippen molar-refractivity contribution in [3.8, 4) is 0 Å². The molecule has 306 valence electrons.